The fourth-order valence-corrected chi connectivity index (χ4v) is 4.32. The van der Waals surface area contributed by atoms with Crippen LogP contribution in [-0.2, 0) is 0 Å². The molecule has 122 valence electrons. The standard InChI is InChI=1S/C19H15BrClNO2/c20-12-6-4-10(5-7-12)17-14-3-1-2-13(14)15-8-11(19(23)24)9-16(21)18(15)22-17/h1-2,4-9,13-14,17,22H,3H2,(H,23,24)/t13-,14+,17-/m0/s1. The Morgan fingerprint density at radius 2 is 2.00 bits per heavy atom. The number of halogens is 2. The number of carboxylic acids is 1. The third kappa shape index (κ3) is 2.54. The van der Waals surface area contributed by atoms with Gasteiger partial charge in [-0.3, -0.25) is 0 Å². The van der Waals surface area contributed by atoms with Gasteiger partial charge in [-0.2, -0.15) is 0 Å². The van der Waals surface area contributed by atoms with Crippen LogP contribution in [0, 0.1) is 5.92 Å². The smallest absolute Gasteiger partial charge is 0.335 e. The molecule has 2 N–H and O–H groups in total. The van der Waals surface area contributed by atoms with Crippen molar-refractivity contribution in [2.75, 3.05) is 5.32 Å². The molecule has 0 radical (unpaired) electrons. The van der Waals surface area contributed by atoms with Crippen molar-refractivity contribution in [3.8, 4) is 0 Å². The Morgan fingerprint density at radius 3 is 2.71 bits per heavy atom. The third-order valence-electron chi connectivity index (χ3n) is 4.90. The van der Waals surface area contributed by atoms with Gasteiger partial charge in [-0.05, 0) is 47.7 Å². The Balaban J connectivity index is 1.82. The summed E-state index contributed by atoms with van der Waals surface area (Å²) in [5.41, 5.74) is 3.28. The minimum absolute atomic E-state index is 0.152. The molecule has 1 aliphatic carbocycles. The summed E-state index contributed by atoms with van der Waals surface area (Å²) in [6.07, 6.45) is 5.32. The summed E-state index contributed by atoms with van der Waals surface area (Å²) in [6, 6.07) is 11.7. The molecule has 3 atom stereocenters. The van der Waals surface area contributed by atoms with Crippen molar-refractivity contribution in [1.29, 1.82) is 0 Å². The van der Waals surface area contributed by atoms with Crippen LogP contribution in [0.3, 0.4) is 0 Å². The summed E-state index contributed by atoms with van der Waals surface area (Å²) in [4.78, 5) is 11.3. The second-order valence-electron chi connectivity index (χ2n) is 6.25. The molecule has 0 amide bonds. The molecule has 3 nitrogen and oxygen atoms in total. The molecule has 4 rings (SSSR count). The molecule has 2 aromatic rings. The normalized spacial score (nSPS) is 24.2. The third-order valence-corrected chi connectivity index (χ3v) is 5.72. The predicted molar refractivity (Wildman–Crippen MR) is 98.9 cm³/mol. The lowest BCUT2D eigenvalue weighted by Crippen LogP contribution is -2.29. The number of aromatic carboxylic acids is 1. The number of anilines is 1. The average molecular weight is 405 g/mol. The summed E-state index contributed by atoms with van der Waals surface area (Å²) in [7, 11) is 0. The Bertz CT molecular complexity index is 847. The molecule has 5 heteroatoms. The lowest BCUT2D eigenvalue weighted by atomic mass is 9.76. The van der Waals surface area contributed by atoms with Gasteiger partial charge in [0.1, 0.15) is 0 Å². The van der Waals surface area contributed by atoms with Gasteiger partial charge in [0.2, 0.25) is 0 Å². The molecule has 0 unspecified atom stereocenters. The van der Waals surface area contributed by atoms with E-state index in [1.165, 1.54) is 11.6 Å². The van der Waals surface area contributed by atoms with Crippen molar-refractivity contribution in [2.24, 2.45) is 5.92 Å². The number of carbonyl (C=O) groups is 1. The van der Waals surface area contributed by atoms with Crippen LogP contribution in [0.15, 0.2) is 53.0 Å². The van der Waals surface area contributed by atoms with Crippen molar-refractivity contribution in [3.63, 3.8) is 0 Å². The van der Waals surface area contributed by atoms with E-state index in [9.17, 15) is 9.90 Å². The van der Waals surface area contributed by atoms with E-state index in [4.69, 9.17) is 11.6 Å². The highest BCUT2D eigenvalue weighted by atomic mass is 79.9. The van der Waals surface area contributed by atoms with E-state index in [0.717, 1.165) is 22.1 Å². The maximum atomic E-state index is 11.3. The van der Waals surface area contributed by atoms with Crippen molar-refractivity contribution in [1.82, 2.24) is 0 Å². The largest absolute Gasteiger partial charge is 0.478 e. The first-order chi connectivity index (χ1) is 11.5. The van der Waals surface area contributed by atoms with Gasteiger partial charge < -0.3 is 10.4 Å². The quantitative estimate of drug-likeness (QED) is 0.638. The van der Waals surface area contributed by atoms with Gasteiger partial charge in [-0.1, -0.05) is 51.8 Å². The van der Waals surface area contributed by atoms with E-state index in [-0.39, 0.29) is 17.5 Å². The zero-order chi connectivity index (χ0) is 16.8. The summed E-state index contributed by atoms with van der Waals surface area (Å²) >= 11 is 9.88. The fourth-order valence-electron chi connectivity index (χ4n) is 3.78. The number of carboxylic acid groups (broad SMARTS) is 1. The van der Waals surface area contributed by atoms with E-state index in [1.54, 1.807) is 6.07 Å². The molecule has 0 fully saturated rings. The summed E-state index contributed by atoms with van der Waals surface area (Å²) in [5, 5.41) is 13.3. The SMILES string of the molecule is O=C(O)c1cc(Cl)c2c(c1)[C@H]1C=CC[C@H]1[C@H](c1ccc(Br)cc1)N2. The van der Waals surface area contributed by atoms with Crippen LogP contribution < -0.4 is 5.32 Å². The number of benzene rings is 2. The fraction of sp³-hybridized carbons (Fsp3) is 0.211. The van der Waals surface area contributed by atoms with Gasteiger partial charge in [0.15, 0.2) is 0 Å². The Kier molecular flexibility index (Phi) is 3.89. The van der Waals surface area contributed by atoms with Crippen molar-refractivity contribution < 1.29 is 9.90 Å². The highest BCUT2D eigenvalue weighted by Gasteiger charge is 2.39. The van der Waals surface area contributed by atoms with Gasteiger partial charge in [0, 0.05) is 10.4 Å². The molecule has 24 heavy (non-hydrogen) atoms. The number of fused-ring (bicyclic) bond motifs is 3. The van der Waals surface area contributed by atoms with E-state index in [2.05, 4.69) is 45.5 Å². The maximum Gasteiger partial charge on any atom is 0.335 e. The number of rotatable bonds is 2. The van der Waals surface area contributed by atoms with E-state index >= 15 is 0 Å². The highest BCUT2D eigenvalue weighted by molar-refractivity contribution is 9.10. The lowest BCUT2D eigenvalue weighted by Gasteiger charge is -2.38. The summed E-state index contributed by atoms with van der Waals surface area (Å²) in [5.74, 6) is -0.404. The topological polar surface area (TPSA) is 49.3 Å². The van der Waals surface area contributed by atoms with E-state index in [1.807, 2.05) is 12.1 Å². The minimum atomic E-state index is -0.951. The molecule has 0 saturated heterocycles. The number of allylic oxidation sites excluding steroid dienone is 2. The molecule has 2 aliphatic rings. The average Bonchev–Trinajstić information content (AvgIpc) is 3.05. The number of hydrogen-bond donors (Lipinski definition) is 2. The predicted octanol–water partition coefficient (Wildman–Crippen LogP) is 5.63. The first-order valence-electron chi connectivity index (χ1n) is 7.80. The zero-order valence-corrected chi connectivity index (χ0v) is 15.0. The van der Waals surface area contributed by atoms with Crippen molar-refractivity contribution in [2.45, 2.75) is 18.4 Å². The number of hydrogen-bond acceptors (Lipinski definition) is 2. The van der Waals surface area contributed by atoms with Crippen LogP contribution in [0.1, 0.15) is 39.9 Å². The van der Waals surface area contributed by atoms with Gasteiger partial charge in [0.05, 0.1) is 22.3 Å². The molecule has 2 aromatic carbocycles. The minimum Gasteiger partial charge on any atom is -0.478 e. The molecule has 0 aromatic heterocycles. The molecule has 0 spiro atoms. The molecule has 1 aliphatic heterocycles. The Labute approximate surface area is 153 Å². The van der Waals surface area contributed by atoms with E-state index < -0.39 is 5.97 Å². The molecular weight excluding hydrogens is 390 g/mol. The lowest BCUT2D eigenvalue weighted by molar-refractivity contribution is 0.0696. The zero-order valence-electron chi connectivity index (χ0n) is 12.7. The summed E-state index contributed by atoms with van der Waals surface area (Å²) in [6.45, 7) is 0. The summed E-state index contributed by atoms with van der Waals surface area (Å²) < 4.78 is 1.05. The second-order valence-corrected chi connectivity index (χ2v) is 7.58. The second kappa shape index (κ2) is 5.94. The maximum absolute atomic E-state index is 11.3. The van der Waals surface area contributed by atoms with Gasteiger partial charge in [0.25, 0.3) is 0 Å². The van der Waals surface area contributed by atoms with Crippen LogP contribution in [0.2, 0.25) is 5.02 Å². The molecule has 0 bridgehead atoms. The molecule has 0 saturated carbocycles. The molecular formula is C19H15BrClNO2. The Hall–Kier alpha value is -1.78. The first kappa shape index (κ1) is 15.7. The van der Waals surface area contributed by atoms with Crippen LogP contribution in [0.25, 0.3) is 0 Å². The van der Waals surface area contributed by atoms with Gasteiger partial charge >= 0.3 is 5.97 Å². The van der Waals surface area contributed by atoms with E-state index in [0.29, 0.717) is 10.9 Å². The number of nitrogens with one attached hydrogen (secondary N) is 1. The van der Waals surface area contributed by atoms with Crippen LogP contribution in [0.4, 0.5) is 5.69 Å². The molecule has 1 heterocycles. The van der Waals surface area contributed by atoms with Crippen LogP contribution in [-0.4, -0.2) is 11.1 Å². The Morgan fingerprint density at radius 1 is 1.25 bits per heavy atom. The highest BCUT2D eigenvalue weighted by Crippen LogP contribution is 2.51. The van der Waals surface area contributed by atoms with Gasteiger partial charge in [-0.15, -0.1) is 0 Å². The van der Waals surface area contributed by atoms with Crippen molar-refractivity contribution >= 4 is 39.2 Å². The van der Waals surface area contributed by atoms with Gasteiger partial charge in [-0.25, -0.2) is 4.79 Å². The van der Waals surface area contributed by atoms with Crippen molar-refractivity contribution in [3.05, 3.63) is 74.7 Å². The van der Waals surface area contributed by atoms with Crippen LogP contribution >= 0.6 is 27.5 Å². The monoisotopic (exact) mass is 403 g/mol. The first-order valence-corrected chi connectivity index (χ1v) is 8.97. The van der Waals surface area contributed by atoms with Crippen LogP contribution in [0.5, 0.6) is 0 Å².